The number of imide groups is 1. The summed E-state index contributed by atoms with van der Waals surface area (Å²) >= 11 is 5.34. The van der Waals surface area contributed by atoms with Gasteiger partial charge in [0.1, 0.15) is 0 Å². The molecule has 1 aliphatic heterocycles. The fraction of sp³-hybridized carbons (Fsp3) is 0.696. The van der Waals surface area contributed by atoms with Crippen molar-refractivity contribution in [1.82, 2.24) is 4.90 Å². The summed E-state index contributed by atoms with van der Waals surface area (Å²) < 4.78 is 0. The zero-order chi connectivity index (χ0) is 37.0. The summed E-state index contributed by atoms with van der Waals surface area (Å²) in [5.74, 6) is 0.291. The smallest absolute Gasteiger partial charge is 0.263 e. The Balaban J connectivity index is 1.50. The predicted octanol–water partition coefficient (Wildman–Crippen LogP) is 15.9. The lowest BCUT2D eigenvalue weighted by Crippen LogP contribution is -2.35. The number of nitrogens with zero attached hydrogens (tertiary/aromatic N) is 1. The van der Waals surface area contributed by atoms with E-state index in [0.29, 0.717) is 23.6 Å². The standard InChI is InChI=1S/C46H71NO2S3/c1-5-9-13-17-20-24-28-36(27-23-16-12-8-4)33-47-45(48)39-35-51-44(42(39)46(47)49)43-38(30-26-22-19-15-11-7-3)32-41(52-43)40-31-37(34-50-40)29-25-21-18-14-10-6-2/h31-32,34-36H,5-30,33H2,1-4H3. The van der Waals surface area contributed by atoms with Gasteiger partial charge in [0.15, 0.2) is 0 Å². The average molecular weight is 766 g/mol. The molecule has 0 fully saturated rings. The third kappa shape index (κ3) is 13.2. The second-order valence-corrected chi connectivity index (χ2v) is 18.5. The molecule has 0 aromatic carbocycles. The molecule has 3 nitrogen and oxygen atoms in total. The van der Waals surface area contributed by atoms with Crippen molar-refractivity contribution < 1.29 is 9.59 Å². The van der Waals surface area contributed by atoms with Crippen LogP contribution in [0.25, 0.3) is 19.5 Å². The number of carbonyl (C=O) groups excluding carboxylic acids is 2. The molecule has 4 heterocycles. The van der Waals surface area contributed by atoms with Crippen LogP contribution >= 0.6 is 34.0 Å². The lowest BCUT2D eigenvalue weighted by molar-refractivity contribution is 0.0622. The zero-order valence-electron chi connectivity index (χ0n) is 33.5. The van der Waals surface area contributed by atoms with Gasteiger partial charge in [-0.25, -0.2) is 0 Å². The van der Waals surface area contributed by atoms with Gasteiger partial charge in [-0.05, 0) is 73.1 Å². The van der Waals surface area contributed by atoms with Crippen LogP contribution in [0.15, 0.2) is 22.9 Å². The fourth-order valence-corrected chi connectivity index (χ4v) is 11.3. The van der Waals surface area contributed by atoms with Crippen molar-refractivity contribution in [3.8, 4) is 19.5 Å². The van der Waals surface area contributed by atoms with Crippen LogP contribution in [0.5, 0.6) is 0 Å². The fourth-order valence-electron chi connectivity index (χ4n) is 7.86. The summed E-state index contributed by atoms with van der Waals surface area (Å²) in [6, 6.07) is 4.84. The normalized spacial score (nSPS) is 13.5. The van der Waals surface area contributed by atoms with Crippen molar-refractivity contribution in [3.63, 3.8) is 0 Å². The van der Waals surface area contributed by atoms with Crippen molar-refractivity contribution in [1.29, 1.82) is 0 Å². The number of amides is 2. The van der Waals surface area contributed by atoms with E-state index in [1.165, 1.54) is 167 Å². The van der Waals surface area contributed by atoms with Crippen molar-refractivity contribution in [2.75, 3.05) is 6.54 Å². The highest BCUT2D eigenvalue weighted by Gasteiger charge is 2.40. The first kappa shape index (κ1) is 43.0. The van der Waals surface area contributed by atoms with Gasteiger partial charge in [-0.2, -0.15) is 0 Å². The Morgan fingerprint density at radius 3 is 1.69 bits per heavy atom. The lowest BCUT2D eigenvalue weighted by Gasteiger charge is -2.23. The number of unbranched alkanes of at least 4 members (excludes halogenated alkanes) is 18. The number of carbonyl (C=O) groups is 2. The topological polar surface area (TPSA) is 37.4 Å². The molecule has 0 bridgehead atoms. The zero-order valence-corrected chi connectivity index (χ0v) is 35.9. The minimum atomic E-state index is -0.0594. The summed E-state index contributed by atoms with van der Waals surface area (Å²) in [5.41, 5.74) is 4.15. The van der Waals surface area contributed by atoms with Gasteiger partial charge < -0.3 is 0 Å². The van der Waals surface area contributed by atoms with Gasteiger partial charge >= 0.3 is 0 Å². The van der Waals surface area contributed by atoms with E-state index in [9.17, 15) is 9.59 Å². The minimum absolute atomic E-state index is 0.0458. The quantitative estimate of drug-likeness (QED) is 0.0501. The summed E-state index contributed by atoms with van der Waals surface area (Å²) in [6.45, 7) is 9.66. The summed E-state index contributed by atoms with van der Waals surface area (Å²) in [6.07, 6.45) is 32.6. The molecule has 0 N–H and O–H groups in total. The highest BCUT2D eigenvalue weighted by atomic mass is 32.1. The van der Waals surface area contributed by atoms with E-state index in [1.54, 1.807) is 16.2 Å². The van der Waals surface area contributed by atoms with Gasteiger partial charge in [0.25, 0.3) is 11.8 Å². The number of hydrogen-bond acceptors (Lipinski definition) is 5. The number of rotatable bonds is 30. The second kappa shape index (κ2) is 24.6. The van der Waals surface area contributed by atoms with Gasteiger partial charge in [-0.15, -0.1) is 34.0 Å². The van der Waals surface area contributed by atoms with E-state index in [1.807, 2.05) is 28.1 Å². The maximum Gasteiger partial charge on any atom is 0.263 e. The van der Waals surface area contributed by atoms with Crippen LogP contribution in [0, 0.1) is 5.92 Å². The third-order valence-corrected chi connectivity index (χ3v) is 14.6. The van der Waals surface area contributed by atoms with Gasteiger partial charge in [0, 0.05) is 26.6 Å². The van der Waals surface area contributed by atoms with E-state index in [0.717, 1.165) is 30.6 Å². The molecule has 52 heavy (non-hydrogen) atoms. The molecule has 1 aliphatic rings. The Bertz CT molecular complexity index is 1450. The molecule has 4 rings (SSSR count). The van der Waals surface area contributed by atoms with Crippen LogP contribution in [0.1, 0.15) is 214 Å². The Labute approximate surface area is 330 Å². The molecule has 6 heteroatoms. The highest BCUT2D eigenvalue weighted by molar-refractivity contribution is 7.26. The van der Waals surface area contributed by atoms with Crippen molar-refractivity contribution in [2.45, 2.75) is 195 Å². The van der Waals surface area contributed by atoms with Crippen molar-refractivity contribution >= 4 is 45.8 Å². The molecule has 2 amide bonds. The summed E-state index contributed by atoms with van der Waals surface area (Å²) in [4.78, 5) is 34.7. The monoisotopic (exact) mass is 765 g/mol. The maximum atomic E-state index is 14.3. The van der Waals surface area contributed by atoms with Crippen LogP contribution in [-0.4, -0.2) is 23.3 Å². The molecule has 0 aliphatic carbocycles. The van der Waals surface area contributed by atoms with Crippen LogP contribution in [0.4, 0.5) is 0 Å². The number of aryl methyl sites for hydroxylation is 2. The highest BCUT2D eigenvalue weighted by Crippen LogP contribution is 2.47. The molecule has 1 unspecified atom stereocenters. The average Bonchev–Trinajstić information content (AvgIpc) is 3.94. The van der Waals surface area contributed by atoms with E-state index < -0.39 is 0 Å². The van der Waals surface area contributed by atoms with Crippen molar-refractivity contribution in [2.24, 2.45) is 5.92 Å². The molecule has 3 aromatic heterocycles. The predicted molar refractivity (Wildman–Crippen MR) is 231 cm³/mol. The Morgan fingerprint density at radius 1 is 0.538 bits per heavy atom. The first-order valence-corrected chi connectivity index (χ1v) is 24.3. The second-order valence-electron chi connectivity index (χ2n) is 15.7. The molecule has 290 valence electrons. The summed E-state index contributed by atoms with van der Waals surface area (Å²) in [5, 5.41) is 4.35. The van der Waals surface area contributed by atoms with Crippen LogP contribution in [-0.2, 0) is 12.8 Å². The summed E-state index contributed by atoms with van der Waals surface area (Å²) in [7, 11) is 0. The van der Waals surface area contributed by atoms with Crippen LogP contribution in [0.2, 0.25) is 0 Å². The van der Waals surface area contributed by atoms with Crippen LogP contribution in [0.3, 0.4) is 0 Å². The Morgan fingerprint density at radius 2 is 1.08 bits per heavy atom. The molecular weight excluding hydrogens is 695 g/mol. The van der Waals surface area contributed by atoms with Gasteiger partial charge in [-0.1, -0.05) is 156 Å². The van der Waals surface area contributed by atoms with E-state index in [-0.39, 0.29) is 11.8 Å². The van der Waals surface area contributed by atoms with E-state index in [4.69, 9.17) is 0 Å². The van der Waals surface area contributed by atoms with Crippen molar-refractivity contribution in [3.05, 3.63) is 45.1 Å². The maximum absolute atomic E-state index is 14.3. The van der Waals surface area contributed by atoms with E-state index >= 15 is 0 Å². The van der Waals surface area contributed by atoms with Crippen LogP contribution < -0.4 is 0 Å². The first-order valence-electron chi connectivity index (χ1n) is 21.7. The Kier molecular flexibility index (Phi) is 20.3. The van der Waals surface area contributed by atoms with Gasteiger partial charge in [-0.3, -0.25) is 14.5 Å². The van der Waals surface area contributed by atoms with Gasteiger partial charge in [0.2, 0.25) is 0 Å². The lowest BCUT2D eigenvalue weighted by atomic mass is 9.93. The minimum Gasteiger partial charge on any atom is -0.274 e. The molecule has 0 radical (unpaired) electrons. The number of thiophene rings is 3. The van der Waals surface area contributed by atoms with E-state index in [2.05, 4.69) is 45.2 Å². The SMILES string of the molecule is CCCCCCCCc1csc(-c2cc(CCCCCCCC)c(-c3scc4c3C(=O)N(CC(CCCCCC)CCCCCCCC)C4=O)s2)c1. The third-order valence-electron chi connectivity index (χ3n) is 11.1. The molecule has 3 aromatic rings. The van der Waals surface area contributed by atoms with Gasteiger partial charge in [0.05, 0.1) is 16.0 Å². The molecular formula is C46H71NO2S3. The largest absolute Gasteiger partial charge is 0.274 e. The number of fused-ring (bicyclic) bond motifs is 1. The number of hydrogen-bond donors (Lipinski definition) is 0. The molecule has 0 saturated heterocycles. The Hall–Kier alpha value is -1.76. The molecule has 1 atom stereocenters. The first-order chi connectivity index (χ1) is 25.5. The molecule has 0 spiro atoms. The molecule has 0 saturated carbocycles.